The van der Waals surface area contributed by atoms with Gasteiger partial charge in [0.25, 0.3) is 0 Å². The normalized spacial score (nSPS) is 27.0. The van der Waals surface area contributed by atoms with Crippen LogP contribution in [0, 0.1) is 6.07 Å². The first kappa shape index (κ1) is 13.0. The highest BCUT2D eigenvalue weighted by molar-refractivity contribution is 7.05. The van der Waals surface area contributed by atoms with Crippen molar-refractivity contribution in [1.82, 2.24) is 0 Å². The summed E-state index contributed by atoms with van der Waals surface area (Å²) in [6.07, 6.45) is -0.480. The Balaban J connectivity index is 0.00000128. The number of halogens is 1. The summed E-state index contributed by atoms with van der Waals surface area (Å²) in [4.78, 5) is 11.2. The van der Waals surface area contributed by atoms with E-state index in [4.69, 9.17) is 16.1 Å². The zero-order chi connectivity index (χ0) is 11.1. The molecule has 0 aromatic heterocycles. The van der Waals surface area contributed by atoms with E-state index in [1.165, 1.54) is 6.07 Å². The largest absolute Gasteiger partial charge is 0.573 e. The van der Waals surface area contributed by atoms with Crippen LogP contribution in [0.1, 0.15) is 11.7 Å². The van der Waals surface area contributed by atoms with Crippen LogP contribution in [0.3, 0.4) is 0 Å². The maximum atomic E-state index is 11.2. The molecule has 0 fully saturated rings. The molecule has 0 saturated carbocycles. The van der Waals surface area contributed by atoms with Crippen molar-refractivity contribution in [2.24, 2.45) is 11.5 Å². The maximum Gasteiger partial charge on any atom is 0.356 e. The topological polar surface area (TPSA) is 98.6 Å². The number of fused-ring (bicyclic) bond motifs is 1. The highest BCUT2D eigenvalue weighted by atomic mass is 35.5. The van der Waals surface area contributed by atoms with Crippen LogP contribution in [0.4, 0.5) is 4.79 Å². The predicted molar refractivity (Wildman–Crippen MR) is 62.6 cm³/mol. The van der Waals surface area contributed by atoms with E-state index in [0.29, 0.717) is 11.0 Å². The lowest BCUT2D eigenvalue weighted by Gasteiger charge is -2.28. The Labute approximate surface area is 99.2 Å². The third-order valence-corrected chi connectivity index (χ3v) is 2.66. The van der Waals surface area contributed by atoms with Gasteiger partial charge in [0, 0.05) is 12.6 Å². The van der Waals surface area contributed by atoms with E-state index in [-0.39, 0.29) is 19.0 Å². The minimum atomic E-state index is -2.78. The molecule has 1 aliphatic rings. The molecule has 2 atom stereocenters. The lowest BCUT2D eigenvalue weighted by atomic mass is 9.52. The second-order valence-electron chi connectivity index (χ2n) is 3.56. The number of carbonyl (C=O) groups is 1. The van der Waals surface area contributed by atoms with Gasteiger partial charge in [-0.2, -0.15) is 0 Å². The molecule has 1 radical (unpaired) electrons. The van der Waals surface area contributed by atoms with Crippen LogP contribution in [0.25, 0.3) is 0 Å². The lowest BCUT2D eigenvalue weighted by Crippen LogP contribution is -2.58. The van der Waals surface area contributed by atoms with Gasteiger partial charge in [0.1, 0.15) is 5.81 Å². The average molecular weight is 242 g/mol. The predicted octanol–water partition coefficient (Wildman–Crippen LogP) is -0.760. The Morgan fingerprint density at radius 2 is 2.38 bits per heavy atom. The summed E-state index contributed by atoms with van der Waals surface area (Å²) in [6, 6.07) is 7.68. The second kappa shape index (κ2) is 4.43. The quantitative estimate of drug-likeness (QED) is 0.594. The summed E-state index contributed by atoms with van der Waals surface area (Å²) in [5.74, 6) is -0.883. The molecule has 5 nitrogen and oxygen atoms in total. The van der Waals surface area contributed by atoms with Gasteiger partial charge in [-0.25, -0.2) is 0 Å². The fraction of sp³-hybridized carbons (Fsp3) is 0.222. The van der Waals surface area contributed by atoms with Crippen molar-refractivity contribution >= 4 is 30.2 Å². The minimum absolute atomic E-state index is 0. The maximum absolute atomic E-state index is 11.2. The van der Waals surface area contributed by atoms with E-state index in [9.17, 15) is 9.82 Å². The van der Waals surface area contributed by atoms with Crippen LogP contribution < -0.4 is 16.9 Å². The summed E-state index contributed by atoms with van der Waals surface area (Å²) in [5, 5.41) is 10.0. The van der Waals surface area contributed by atoms with Gasteiger partial charge in [0.05, 0.1) is 0 Å². The molecule has 87 valence electrons. The Morgan fingerprint density at radius 1 is 1.69 bits per heavy atom. The van der Waals surface area contributed by atoms with Gasteiger partial charge in [-0.1, -0.05) is 23.8 Å². The van der Waals surface area contributed by atoms with E-state index in [2.05, 4.69) is 6.07 Å². The SMILES string of the molecule is Cl.NCC1O[B-](O)(C(N)=O)c2c[c]ccc21. The molecular weight excluding hydrogens is 230 g/mol. The van der Waals surface area contributed by atoms with Crippen LogP contribution >= 0.6 is 12.4 Å². The molecule has 0 saturated heterocycles. The number of hydrogen-bond acceptors (Lipinski definition) is 4. The molecule has 5 N–H and O–H groups in total. The molecule has 1 aliphatic heterocycles. The van der Waals surface area contributed by atoms with Crippen molar-refractivity contribution in [3.63, 3.8) is 0 Å². The zero-order valence-corrected chi connectivity index (χ0v) is 9.24. The van der Waals surface area contributed by atoms with E-state index < -0.39 is 18.5 Å². The van der Waals surface area contributed by atoms with Crippen molar-refractivity contribution < 1.29 is 14.5 Å². The fourth-order valence-electron chi connectivity index (χ4n) is 1.87. The molecule has 0 spiro atoms. The third kappa shape index (κ3) is 1.70. The number of nitrogens with two attached hydrogens (primary N) is 2. The molecule has 1 aromatic carbocycles. The molecule has 7 heteroatoms. The first-order valence-corrected chi connectivity index (χ1v) is 4.64. The summed E-state index contributed by atoms with van der Waals surface area (Å²) in [5.41, 5.74) is 11.7. The number of carbonyl (C=O) groups excluding carboxylic acids is 1. The Kier molecular flexibility index (Phi) is 3.59. The molecule has 1 heterocycles. The number of primary amides is 1. The fourth-order valence-corrected chi connectivity index (χ4v) is 1.87. The smallest absolute Gasteiger partial charge is 0.356 e. The Morgan fingerprint density at radius 3 is 2.94 bits per heavy atom. The van der Waals surface area contributed by atoms with Gasteiger partial charge < -0.3 is 25.9 Å². The van der Waals surface area contributed by atoms with E-state index in [0.717, 1.165) is 0 Å². The molecule has 2 unspecified atom stereocenters. The highest BCUT2D eigenvalue weighted by Gasteiger charge is 2.42. The first-order valence-electron chi connectivity index (χ1n) is 4.64. The van der Waals surface area contributed by atoms with Gasteiger partial charge in [-0.05, 0) is 6.07 Å². The van der Waals surface area contributed by atoms with Crippen molar-refractivity contribution in [2.75, 3.05) is 6.54 Å². The van der Waals surface area contributed by atoms with Gasteiger partial charge in [0.15, 0.2) is 0 Å². The first-order chi connectivity index (χ1) is 7.09. The number of hydrogen-bond donors (Lipinski definition) is 3. The van der Waals surface area contributed by atoms with E-state index in [1.807, 2.05) is 0 Å². The molecular formula is C9H12BClN2O3-. The number of amides is 1. The Bertz CT molecular complexity index is 417. The van der Waals surface area contributed by atoms with E-state index in [1.54, 1.807) is 12.1 Å². The highest BCUT2D eigenvalue weighted by Crippen LogP contribution is 2.27. The summed E-state index contributed by atoms with van der Waals surface area (Å²) in [6.45, 7) is -2.59. The molecule has 0 bridgehead atoms. The van der Waals surface area contributed by atoms with Crippen molar-refractivity contribution in [3.8, 4) is 0 Å². The van der Waals surface area contributed by atoms with Gasteiger partial charge in [-0.15, -0.1) is 17.9 Å². The van der Waals surface area contributed by atoms with Crippen LogP contribution in [0.2, 0.25) is 0 Å². The van der Waals surface area contributed by atoms with Gasteiger partial charge in [0.2, 0.25) is 0 Å². The lowest BCUT2D eigenvalue weighted by molar-refractivity contribution is 0.176. The van der Waals surface area contributed by atoms with Crippen LogP contribution in [0.15, 0.2) is 18.2 Å². The molecule has 2 rings (SSSR count). The van der Waals surface area contributed by atoms with Gasteiger partial charge in [-0.3, -0.25) is 0 Å². The minimum Gasteiger partial charge on any atom is -0.573 e. The van der Waals surface area contributed by atoms with Crippen molar-refractivity contribution in [1.29, 1.82) is 0 Å². The summed E-state index contributed by atoms with van der Waals surface area (Å²) in [7, 11) is 0. The standard InChI is InChI=1S/C9H11BN2O3.ClH/c11-5-8-6-3-1-2-4-7(6)10(14,15-8)9(12)13;/h1,3-4,8,14H,5,11H2,(H2,12,13);1H/q-1;. The van der Waals surface area contributed by atoms with Crippen LogP contribution in [-0.4, -0.2) is 23.9 Å². The molecule has 16 heavy (non-hydrogen) atoms. The number of benzene rings is 1. The summed E-state index contributed by atoms with van der Waals surface area (Å²) < 4.78 is 5.23. The van der Waals surface area contributed by atoms with Crippen molar-refractivity contribution in [2.45, 2.75) is 6.10 Å². The number of rotatable bonds is 2. The average Bonchev–Trinajstić information content (AvgIpc) is 2.54. The molecule has 1 amide bonds. The van der Waals surface area contributed by atoms with Gasteiger partial charge >= 0.3 is 6.55 Å². The monoisotopic (exact) mass is 242 g/mol. The van der Waals surface area contributed by atoms with Crippen LogP contribution in [-0.2, 0) is 4.65 Å². The zero-order valence-electron chi connectivity index (χ0n) is 8.42. The van der Waals surface area contributed by atoms with Crippen LogP contribution in [0.5, 0.6) is 0 Å². The molecule has 0 aliphatic carbocycles. The Hall–Kier alpha value is -1.08. The molecule has 1 aromatic rings. The summed E-state index contributed by atoms with van der Waals surface area (Å²) >= 11 is 0. The van der Waals surface area contributed by atoms with E-state index >= 15 is 0 Å². The second-order valence-corrected chi connectivity index (χ2v) is 3.56. The third-order valence-electron chi connectivity index (χ3n) is 2.66. The van der Waals surface area contributed by atoms with Crippen molar-refractivity contribution in [3.05, 3.63) is 29.8 Å².